The van der Waals surface area contributed by atoms with Gasteiger partial charge in [0.15, 0.2) is 0 Å². The lowest BCUT2D eigenvalue weighted by molar-refractivity contribution is 0.231. The van der Waals surface area contributed by atoms with E-state index in [1.165, 1.54) is 0 Å². The number of benzene rings is 2. The highest BCUT2D eigenvalue weighted by atomic mass is 16.5. The lowest BCUT2D eigenvalue weighted by Gasteiger charge is -2.18. The molecule has 0 atom stereocenters. The monoisotopic (exact) mass is 326 g/mol. The van der Waals surface area contributed by atoms with Gasteiger partial charge in [-0.3, -0.25) is 0 Å². The first-order valence-corrected chi connectivity index (χ1v) is 8.10. The van der Waals surface area contributed by atoms with E-state index in [0.29, 0.717) is 13.2 Å². The summed E-state index contributed by atoms with van der Waals surface area (Å²) in [5, 5.41) is 5.92. The number of amides is 2. The van der Waals surface area contributed by atoms with Crippen LogP contribution < -0.4 is 20.1 Å². The van der Waals surface area contributed by atoms with Gasteiger partial charge in [-0.2, -0.15) is 0 Å². The molecule has 1 aliphatic carbocycles. The van der Waals surface area contributed by atoms with Crippen LogP contribution in [0.5, 0.6) is 11.5 Å². The molecule has 0 bridgehead atoms. The minimum atomic E-state index is -0.192. The van der Waals surface area contributed by atoms with Crippen LogP contribution in [0.4, 0.5) is 4.79 Å². The quantitative estimate of drug-likeness (QED) is 0.769. The van der Waals surface area contributed by atoms with Crippen molar-refractivity contribution in [2.24, 2.45) is 0 Å². The van der Waals surface area contributed by atoms with Crippen molar-refractivity contribution in [3.8, 4) is 11.5 Å². The standard InChI is InChI=1S/C19H22N2O3/c1-23-16-7-9-17(10-8-16)24-14-13-20-18(22)21-19(11-12-19)15-5-3-2-4-6-15/h2-10H,11-14H2,1H3,(H2,20,21,22). The number of carbonyl (C=O) groups is 1. The Morgan fingerprint density at radius 3 is 2.33 bits per heavy atom. The molecule has 1 aliphatic rings. The summed E-state index contributed by atoms with van der Waals surface area (Å²) in [6, 6.07) is 17.3. The van der Waals surface area contributed by atoms with Crippen molar-refractivity contribution >= 4 is 6.03 Å². The summed E-state index contributed by atoms with van der Waals surface area (Å²) >= 11 is 0. The number of hydrogen-bond acceptors (Lipinski definition) is 3. The van der Waals surface area contributed by atoms with Crippen LogP contribution >= 0.6 is 0 Å². The summed E-state index contributed by atoms with van der Waals surface area (Å²) in [6.45, 7) is 0.862. The zero-order valence-electron chi connectivity index (χ0n) is 13.7. The molecule has 0 saturated heterocycles. The van der Waals surface area contributed by atoms with Crippen LogP contribution in [0.25, 0.3) is 0 Å². The molecular weight excluding hydrogens is 304 g/mol. The number of carbonyl (C=O) groups excluding carboxylic acids is 1. The van der Waals surface area contributed by atoms with Crippen molar-refractivity contribution in [2.45, 2.75) is 18.4 Å². The molecule has 2 amide bonds. The largest absolute Gasteiger partial charge is 0.497 e. The van der Waals surface area contributed by atoms with E-state index in [1.807, 2.05) is 42.5 Å². The van der Waals surface area contributed by atoms with E-state index in [0.717, 1.165) is 29.9 Å². The topological polar surface area (TPSA) is 59.6 Å². The van der Waals surface area contributed by atoms with Gasteiger partial charge in [-0.1, -0.05) is 30.3 Å². The number of urea groups is 1. The summed E-state index contributed by atoms with van der Waals surface area (Å²) in [5.41, 5.74) is 0.969. The number of ether oxygens (including phenoxy) is 2. The number of nitrogens with one attached hydrogen (secondary N) is 2. The number of hydrogen-bond donors (Lipinski definition) is 2. The Bertz CT molecular complexity index is 667. The third-order valence-corrected chi connectivity index (χ3v) is 4.14. The van der Waals surface area contributed by atoms with E-state index in [2.05, 4.69) is 22.8 Å². The molecule has 126 valence electrons. The molecule has 3 rings (SSSR count). The molecule has 0 aromatic heterocycles. The summed E-state index contributed by atoms with van der Waals surface area (Å²) in [7, 11) is 1.63. The maximum absolute atomic E-state index is 12.1. The molecule has 0 spiro atoms. The Hall–Kier alpha value is -2.69. The van der Waals surface area contributed by atoms with Gasteiger partial charge in [-0.15, -0.1) is 0 Å². The molecule has 2 N–H and O–H groups in total. The van der Waals surface area contributed by atoms with Crippen molar-refractivity contribution in [2.75, 3.05) is 20.3 Å². The van der Waals surface area contributed by atoms with Crippen LogP contribution in [0, 0.1) is 0 Å². The molecule has 0 heterocycles. The van der Waals surface area contributed by atoms with Crippen molar-refractivity contribution in [3.63, 3.8) is 0 Å². The molecule has 2 aromatic carbocycles. The Morgan fingerprint density at radius 2 is 1.71 bits per heavy atom. The molecule has 1 fully saturated rings. The van der Waals surface area contributed by atoms with Gasteiger partial charge in [-0.25, -0.2) is 4.79 Å². The predicted molar refractivity (Wildman–Crippen MR) is 92.4 cm³/mol. The normalized spacial score (nSPS) is 14.5. The first kappa shape index (κ1) is 16.2. The summed E-state index contributed by atoms with van der Waals surface area (Å²) in [6.07, 6.45) is 1.96. The minimum Gasteiger partial charge on any atom is -0.497 e. The van der Waals surface area contributed by atoms with E-state index < -0.39 is 0 Å². The van der Waals surface area contributed by atoms with E-state index in [9.17, 15) is 4.79 Å². The van der Waals surface area contributed by atoms with Crippen LogP contribution in [-0.4, -0.2) is 26.3 Å². The van der Waals surface area contributed by atoms with Gasteiger partial charge in [0.05, 0.1) is 19.2 Å². The molecule has 5 heteroatoms. The number of methoxy groups -OCH3 is 1. The fraction of sp³-hybridized carbons (Fsp3) is 0.316. The van der Waals surface area contributed by atoms with E-state index in [1.54, 1.807) is 7.11 Å². The third-order valence-electron chi connectivity index (χ3n) is 4.14. The molecule has 0 aliphatic heterocycles. The van der Waals surface area contributed by atoms with Gasteiger partial charge in [0.25, 0.3) is 0 Å². The fourth-order valence-electron chi connectivity index (χ4n) is 2.63. The first-order chi connectivity index (χ1) is 11.7. The average Bonchev–Trinajstić information content (AvgIpc) is 3.41. The van der Waals surface area contributed by atoms with Crippen LogP contribution in [0.2, 0.25) is 0 Å². The molecular formula is C19H22N2O3. The molecule has 0 unspecified atom stereocenters. The van der Waals surface area contributed by atoms with E-state index in [-0.39, 0.29) is 11.6 Å². The van der Waals surface area contributed by atoms with E-state index in [4.69, 9.17) is 9.47 Å². The van der Waals surface area contributed by atoms with Gasteiger partial charge in [0.2, 0.25) is 0 Å². The molecule has 5 nitrogen and oxygen atoms in total. The first-order valence-electron chi connectivity index (χ1n) is 8.10. The highest BCUT2D eigenvalue weighted by Gasteiger charge is 2.45. The fourth-order valence-corrected chi connectivity index (χ4v) is 2.63. The van der Waals surface area contributed by atoms with Crippen LogP contribution in [0.1, 0.15) is 18.4 Å². The lowest BCUT2D eigenvalue weighted by Crippen LogP contribution is -2.43. The van der Waals surface area contributed by atoms with Crippen molar-refractivity contribution in [1.82, 2.24) is 10.6 Å². The molecule has 0 radical (unpaired) electrons. The zero-order valence-corrected chi connectivity index (χ0v) is 13.7. The molecule has 2 aromatic rings. The SMILES string of the molecule is COc1ccc(OCCNC(=O)NC2(c3ccccc3)CC2)cc1. The van der Waals surface area contributed by atoms with Crippen molar-refractivity contribution in [3.05, 3.63) is 60.2 Å². The van der Waals surface area contributed by atoms with Gasteiger partial charge >= 0.3 is 6.03 Å². The zero-order chi connectivity index (χ0) is 16.8. The second-order valence-corrected chi connectivity index (χ2v) is 5.85. The predicted octanol–water partition coefficient (Wildman–Crippen LogP) is 3.06. The van der Waals surface area contributed by atoms with Gasteiger partial charge in [0, 0.05) is 0 Å². The highest BCUT2D eigenvalue weighted by Crippen LogP contribution is 2.45. The van der Waals surface area contributed by atoms with Gasteiger partial charge < -0.3 is 20.1 Å². The van der Waals surface area contributed by atoms with Crippen molar-refractivity contribution in [1.29, 1.82) is 0 Å². The van der Waals surface area contributed by atoms with Crippen LogP contribution in [0.3, 0.4) is 0 Å². The minimum absolute atomic E-state index is 0.158. The van der Waals surface area contributed by atoms with Crippen molar-refractivity contribution < 1.29 is 14.3 Å². The summed E-state index contributed by atoms with van der Waals surface area (Å²) in [4.78, 5) is 12.1. The summed E-state index contributed by atoms with van der Waals surface area (Å²) in [5.74, 6) is 1.54. The number of rotatable bonds is 7. The Kier molecular flexibility index (Phi) is 4.89. The molecule has 24 heavy (non-hydrogen) atoms. The Labute approximate surface area is 142 Å². The van der Waals surface area contributed by atoms with Gasteiger partial charge in [0.1, 0.15) is 18.1 Å². The van der Waals surface area contributed by atoms with Crippen LogP contribution in [0.15, 0.2) is 54.6 Å². The second kappa shape index (κ2) is 7.25. The maximum Gasteiger partial charge on any atom is 0.315 e. The highest BCUT2D eigenvalue weighted by molar-refractivity contribution is 5.75. The average molecular weight is 326 g/mol. The molecule has 1 saturated carbocycles. The van der Waals surface area contributed by atoms with E-state index >= 15 is 0 Å². The Morgan fingerprint density at radius 1 is 1.04 bits per heavy atom. The second-order valence-electron chi connectivity index (χ2n) is 5.85. The Balaban J connectivity index is 1.40. The maximum atomic E-state index is 12.1. The summed E-state index contributed by atoms with van der Waals surface area (Å²) < 4.78 is 10.7. The van der Waals surface area contributed by atoms with Gasteiger partial charge in [-0.05, 0) is 42.7 Å². The smallest absolute Gasteiger partial charge is 0.315 e. The van der Waals surface area contributed by atoms with Crippen LogP contribution in [-0.2, 0) is 5.54 Å². The third kappa shape index (κ3) is 3.98. The lowest BCUT2D eigenvalue weighted by atomic mass is 10.1.